The fourth-order valence-electron chi connectivity index (χ4n) is 3.25. The number of hydrogen-bond donors (Lipinski definition) is 1. The fraction of sp³-hybridized carbons (Fsp3) is 1.00. The first-order chi connectivity index (χ1) is 9.88. The van der Waals surface area contributed by atoms with Crippen molar-refractivity contribution in [2.45, 2.75) is 40.2 Å². The molecule has 0 bridgehead atoms. The van der Waals surface area contributed by atoms with E-state index in [0.29, 0.717) is 17.4 Å². The predicted molar refractivity (Wildman–Crippen MR) is 90.8 cm³/mol. The lowest BCUT2D eigenvalue weighted by Gasteiger charge is -2.38. The lowest BCUT2D eigenvalue weighted by Crippen LogP contribution is -2.50. The third-order valence-electron chi connectivity index (χ3n) is 4.43. The first kappa shape index (κ1) is 18.9. The molecule has 0 aromatic heterocycles. The van der Waals surface area contributed by atoms with Gasteiger partial charge in [-0.1, -0.05) is 20.8 Å². The summed E-state index contributed by atoms with van der Waals surface area (Å²) >= 11 is 0. The number of nitrogens with zero attached hydrogens (tertiary/aromatic N) is 2. The largest absolute Gasteiger partial charge is 0.381 e. The van der Waals surface area contributed by atoms with E-state index in [-0.39, 0.29) is 0 Å². The van der Waals surface area contributed by atoms with Crippen molar-refractivity contribution >= 4 is 0 Å². The zero-order chi connectivity index (χ0) is 15.9. The second kappa shape index (κ2) is 9.09. The van der Waals surface area contributed by atoms with Crippen molar-refractivity contribution in [3.63, 3.8) is 0 Å². The van der Waals surface area contributed by atoms with Crippen LogP contribution in [0.25, 0.3) is 0 Å². The molecule has 2 atom stereocenters. The fourth-order valence-corrected chi connectivity index (χ4v) is 3.25. The molecule has 0 saturated carbocycles. The van der Waals surface area contributed by atoms with Crippen molar-refractivity contribution < 1.29 is 4.74 Å². The number of nitrogens with one attached hydrogen (secondary N) is 1. The Hall–Kier alpha value is -0.160. The summed E-state index contributed by atoms with van der Waals surface area (Å²) in [5.74, 6) is 0.708. The maximum Gasteiger partial charge on any atom is 0.0547 e. The average Bonchev–Trinajstić information content (AvgIpc) is 2.83. The van der Waals surface area contributed by atoms with E-state index in [1.165, 1.54) is 6.42 Å². The van der Waals surface area contributed by atoms with Gasteiger partial charge < -0.3 is 15.0 Å². The van der Waals surface area contributed by atoms with E-state index in [2.05, 4.69) is 56.9 Å². The van der Waals surface area contributed by atoms with Crippen LogP contribution in [0.5, 0.6) is 0 Å². The molecule has 1 heterocycles. The Morgan fingerprint density at radius 3 is 2.43 bits per heavy atom. The van der Waals surface area contributed by atoms with Crippen LogP contribution < -0.4 is 5.32 Å². The Kier molecular flexibility index (Phi) is 8.17. The summed E-state index contributed by atoms with van der Waals surface area (Å²) in [6.07, 6.45) is 1.18. The monoisotopic (exact) mass is 299 g/mol. The number of ether oxygens (including phenoxy) is 1. The van der Waals surface area contributed by atoms with Crippen molar-refractivity contribution in [2.24, 2.45) is 11.3 Å². The standard InChI is InChI=1S/C17H37N3O/c1-7-20(16(4)11-19(5)6)13-17(8-9-21-14-17)12-18-10-15(2)3/h15-16,18H,7-14H2,1-6H3. The summed E-state index contributed by atoms with van der Waals surface area (Å²) in [7, 11) is 4.31. The highest BCUT2D eigenvalue weighted by molar-refractivity contribution is 4.89. The van der Waals surface area contributed by atoms with Crippen LogP contribution in [0, 0.1) is 11.3 Å². The summed E-state index contributed by atoms with van der Waals surface area (Å²) in [5.41, 5.74) is 0.297. The van der Waals surface area contributed by atoms with Gasteiger partial charge in [0.25, 0.3) is 0 Å². The predicted octanol–water partition coefficient (Wildman–Crippen LogP) is 1.91. The quantitative estimate of drug-likeness (QED) is 0.667. The molecule has 1 aliphatic rings. The van der Waals surface area contributed by atoms with E-state index in [1.54, 1.807) is 0 Å². The molecule has 4 heteroatoms. The number of likely N-dealkylation sites (N-methyl/N-ethyl adjacent to an activating group) is 2. The molecule has 1 fully saturated rings. The van der Waals surface area contributed by atoms with E-state index in [9.17, 15) is 0 Å². The van der Waals surface area contributed by atoms with Crippen LogP contribution in [0.4, 0.5) is 0 Å². The van der Waals surface area contributed by atoms with Crippen molar-refractivity contribution in [1.29, 1.82) is 0 Å². The van der Waals surface area contributed by atoms with Gasteiger partial charge in [0.1, 0.15) is 0 Å². The minimum Gasteiger partial charge on any atom is -0.381 e. The molecule has 126 valence electrons. The summed E-state index contributed by atoms with van der Waals surface area (Å²) in [5, 5.41) is 3.66. The molecule has 21 heavy (non-hydrogen) atoms. The van der Waals surface area contributed by atoms with E-state index in [4.69, 9.17) is 4.74 Å². The van der Waals surface area contributed by atoms with Gasteiger partial charge in [-0.2, -0.15) is 0 Å². The van der Waals surface area contributed by atoms with E-state index in [1.807, 2.05) is 0 Å². The Morgan fingerprint density at radius 2 is 1.95 bits per heavy atom. The van der Waals surface area contributed by atoms with Gasteiger partial charge >= 0.3 is 0 Å². The molecule has 0 aromatic rings. The van der Waals surface area contributed by atoms with Crippen LogP contribution in [0.3, 0.4) is 0 Å². The summed E-state index contributed by atoms with van der Waals surface area (Å²) in [6, 6.07) is 0.590. The maximum atomic E-state index is 5.75. The van der Waals surface area contributed by atoms with Gasteiger partial charge in [-0.15, -0.1) is 0 Å². The molecule has 0 amide bonds. The molecule has 0 radical (unpaired) electrons. The van der Waals surface area contributed by atoms with Crippen molar-refractivity contribution in [3.8, 4) is 0 Å². The highest BCUT2D eigenvalue weighted by atomic mass is 16.5. The van der Waals surface area contributed by atoms with Gasteiger partial charge in [0.2, 0.25) is 0 Å². The second-order valence-corrected chi connectivity index (χ2v) is 7.50. The SMILES string of the molecule is CCN(CC1(CNCC(C)C)CCOC1)C(C)CN(C)C. The molecular weight excluding hydrogens is 262 g/mol. The van der Waals surface area contributed by atoms with Gasteiger partial charge in [0.05, 0.1) is 6.61 Å². The van der Waals surface area contributed by atoms with E-state index >= 15 is 0 Å². The Bertz CT molecular complexity index is 275. The van der Waals surface area contributed by atoms with Gasteiger partial charge in [0, 0.05) is 37.7 Å². The van der Waals surface area contributed by atoms with Crippen molar-refractivity contribution in [2.75, 3.05) is 60.0 Å². The first-order valence-electron chi connectivity index (χ1n) is 8.56. The minimum absolute atomic E-state index is 0.297. The van der Waals surface area contributed by atoms with Gasteiger partial charge in [-0.25, -0.2) is 0 Å². The van der Waals surface area contributed by atoms with Crippen LogP contribution in [0.15, 0.2) is 0 Å². The van der Waals surface area contributed by atoms with Crippen LogP contribution >= 0.6 is 0 Å². The molecule has 1 N–H and O–H groups in total. The molecule has 2 unspecified atom stereocenters. The summed E-state index contributed by atoms with van der Waals surface area (Å²) in [4.78, 5) is 4.90. The lowest BCUT2D eigenvalue weighted by atomic mass is 9.86. The van der Waals surface area contributed by atoms with Gasteiger partial charge in [-0.3, -0.25) is 4.90 Å². The molecule has 4 nitrogen and oxygen atoms in total. The molecular formula is C17H37N3O. The topological polar surface area (TPSA) is 27.7 Å². The molecule has 1 saturated heterocycles. The van der Waals surface area contributed by atoms with Crippen molar-refractivity contribution in [3.05, 3.63) is 0 Å². The van der Waals surface area contributed by atoms with E-state index in [0.717, 1.165) is 45.9 Å². The summed E-state index contributed by atoms with van der Waals surface area (Å²) in [6.45, 7) is 16.5. The lowest BCUT2D eigenvalue weighted by molar-refractivity contribution is 0.0835. The average molecular weight is 300 g/mol. The highest BCUT2D eigenvalue weighted by Gasteiger charge is 2.37. The van der Waals surface area contributed by atoms with Gasteiger partial charge in [-0.05, 0) is 46.4 Å². The minimum atomic E-state index is 0.297. The molecule has 0 aromatic carbocycles. The summed E-state index contributed by atoms with van der Waals surface area (Å²) < 4.78 is 5.75. The number of hydrogen-bond acceptors (Lipinski definition) is 4. The number of rotatable bonds is 10. The molecule has 1 rings (SSSR count). The molecule has 0 aliphatic carbocycles. The first-order valence-corrected chi connectivity index (χ1v) is 8.56. The second-order valence-electron chi connectivity index (χ2n) is 7.50. The van der Waals surface area contributed by atoms with Gasteiger partial charge in [0.15, 0.2) is 0 Å². The normalized spacial score (nSPS) is 24.4. The van der Waals surface area contributed by atoms with Crippen LogP contribution in [0.2, 0.25) is 0 Å². The molecule has 0 spiro atoms. The zero-order valence-corrected chi connectivity index (χ0v) is 15.1. The van der Waals surface area contributed by atoms with E-state index < -0.39 is 0 Å². The Balaban J connectivity index is 2.58. The third-order valence-corrected chi connectivity index (χ3v) is 4.43. The zero-order valence-electron chi connectivity index (χ0n) is 15.1. The van der Waals surface area contributed by atoms with Crippen LogP contribution in [-0.4, -0.2) is 75.9 Å². The van der Waals surface area contributed by atoms with Crippen LogP contribution in [-0.2, 0) is 4.74 Å². The van der Waals surface area contributed by atoms with Crippen LogP contribution in [0.1, 0.15) is 34.1 Å². The highest BCUT2D eigenvalue weighted by Crippen LogP contribution is 2.30. The smallest absolute Gasteiger partial charge is 0.0547 e. The van der Waals surface area contributed by atoms with Crippen molar-refractivity contribution in [1.82, 2.24) is 15.1 Å². The molecule has 1 aliphatic heterocycles. The Labute approximate surface area is 132 Å². The Morgan fingerprint density at radius 1 is 1.24 bits per heavy atom. The third kappa shape index (κ3) is 6.64. The maximum absolute atomic E-state index is 5.75.